The average molecular weight is 592 g/mol. The van der Waals surface area contributed by atoms with Crippen LogP contribution in [-0.4, -0.2) is 48.3 Å². The van der Waals surface area contributed by atoms with Gasteiger partial charge in [-0.3, -0.25) is 23.7 Å². The van der Waals surface area contributed by atoms with Crippen LogP contribution < -0.4 is 14.7 Å². The summed E-state index contributed by atoms with van der Waals surface area (Å²) in [4.78, 5) is 55.7. The number of esters is 1. The Kier molecular flexibility index (Phi) is 7.29. The van der Waals surface area contributed by atoms with Gasteiger partial charge in [-0.05, 0) is 42.8 Å². The molecule has 3 heterocycles. The van der Waals surface area contributed by atoms with Gasteiger partial charge in [0, 0.05) is 30.6 Å². The summed E-state index contributed by atoms with van der Waals surface area (Å²) >= 11 is 1.87. The predicted octanol–water partition coefficient (Wildman–Crippen LogP) is 4.35. The van der Waals surface area contributed by atoms with Crippen LogP contribution in [0.15, 0.2) is 58.4 Å². The lowest BCUT2D eigenvalue weighted by Crippen LogP contribution is -2.32. The zero-order valence-electron chi connectivity index (χ0n) is 21.6. The molecule has 5 rings (SSSR count). The van der Waals surface area contributed by atoms with Gasteiger partial charge in [0.1, 0.15) is 11.8 Å². The maximum Gasteiger partial charge on any atom is 0.416 e. The van der Waals surface area contributed by atoms with Gasteiger partial charge in [0.2, 0.25) is 11.8 Å². The van der Waals surface area contributed by atoms with E-state index in [4.69, 9.17) is 4.74 Å². The summed E-state index contributed by atoms with van der Waals surface area (Å²) in [5.74, 6) is -3.66. The molecule has 2 aliphatic heterocycles. The predicted molar refractivity (Wildman–Crippen MR) is 145 cm³/mol. The summed E-state index contributed by atoms with van der Waals surface area (Å²) in [6.07, 6.45) is -4.66. The number of hydrogen-bond acceptors (Lipinski definition) is 8. The van der Waals surface area contributed by atoms with E-state index in [2.05, 4.69) is 0 Å². The monoisotopic (exact) mass is 591 g/mol. The minimum atomic E-state index is -4.66. The number of amides is 2. The molecular formula is C27H24F3N3O5S2. The number of carbonyl (C=O) groups is 3. The van der Waals surface area contributed by atoms with E-state index in [-0.39, 0.29) is 18.8 Å². The van der Waals surface area contributed by atoms with Crippen LogP contribution >= 0.6 is 23.1 Å². The van der Waals surface area contributed by atoms with Crippen molar-refractivity contribution in [2.24, 2.45) is 5.92 Å². The third kappa shape index (κ3) is 4.81. The lowest BCUT2D eigenvalue weighted by atomic mass is 9.83. The van der Waals surface area contributed by atoms with E-state index in [1.165, 1.54) is 10.6 Å². The molecule has 13 heteroatoms. The topological polar surface area (TPSA) is 88.9 Å². The number of nitrogens with zero attached hydrogens (tertiary/aromatic N) is 3. The first-order chi connectivity index (χ1) is 18.9. The smallest absolute Gasteiger partial charge is 0.416 e. The number of hydrogen-bond donors (Lipinski definition) is 0. The highest BCUT2D eigenvalue weighted by atomic mass is 32.2. The molecular weight excluding hydrogens is 567 g/mol. The molecule has 2 amide bonds. The number of halogens is 3. The van der Waals surface area contributed by atoms with Gasteiger partial charge >= 0.3 is 17.0 Å². The number of imide groups is 1. The summed E-state index contributed by atoms with van der Waals surface area (Å²) in [6.45, 7) is 1.40. The van der Waals surface area contributed by atoms with Gasteiger partial charge in [0.25, 0.3) is 0 Å². The van der Waals surface area contributed by atoms with Gasteiger partial charge in [-0.2, -0.15) is 13.2 Å². The van der Waals surface area contributed by atoms with Crippen LogP contribution in [0.1, 0.15) is 28.8 Å². The second-order valence-corrected chi connectivity index (χ2v) is 11.6. The summed E-state index contributed by atoms with van der Waals surface area (Å²) < 4.78 is 46.6. The average Bonchev–Trinajstić information content (AvgIpc) is 3.34. The number of thiazole rings is 1. The lowest BCUT2D eigenvalue weighted by molar-refractivity contribution is -0.144. The van der Waals surface area contributed by atoms with Crippen LogP contribution in [0.2, 0.25) is 0 Å². The minimum absolute atomic E-state index is 0.123. The van der Waals surface area contributed by atoms with Gasteiger partial charge < -0.3 is 9.64 Å². The van der Waals surface area contributed by atoms with Crippen LogP contribution in [0, 0.1) is 5.92 Å². The molecule has 1 saturated heterocycles. The molecule has 8 nitrogen and oxygen atoms in total. The number of thioether (sulfide) groups is 1. The first kappa shape index (κ1) is 28.0. The molecule has 0 spiro atoms. The van der Waals surface area contributed by atoms with Crippen molar-refractivity contribution in [3.05, 3.63) is 74.2 Å². The Morgan fingerprint density at radius 2 is 1.75 bits per heavy atom. The number of rotatable bonds is 6. The first-order valence-electron chi connectivity index (χ1n) is 12.3. The maximum atomic E-state index is 13.9. The van der Waals surface area contributed by atoms with E-state index >= 15 is 0 Å². The fourth-order valence-electron chi connectivity index (χ4n) is 5.01. The SMILES string of the molecule is CCOC(=O)Cn1c2c(sc1=O)[C@H](c1ccc(N(C)C)cc1)C1C(=O)N(c3cccc(C(F)(F)F)c3)C(=O)C1S2. The van der Waals surface area contributed by atoms with Crippen molar-refractivity contribution in [1.29, 1.82) is 0 Å². The van der Waals surface area contributed by atoms with Crippen molar-refractivity contribution < 1.29 is 32.3 Å². The molecule has 0 N–H and O–H groups in total. The molecule has 0 radical (unpaired) electrons. The Balaban J connectivity index is 1.63. The van der Waals surface area contributed by atoms with Gasteiger partial charge in [-0.1, -0.05) is 41.3 Å². The third-order valence-electron chi connectivity index (χ3n) is 6.84. The van der Waals surface area contributed by atoms with E-state index in [0.717, 1.165) is 51.9 Å². The van der Waals surface area contributed by atoms with Crippen LogP contribution in [0.5, 0.6) is 0 Å². The normalized spacial score (nSPS) is 20.4. The number of anilines is 2. The molecule has 0 bridgehead atoms. The molecule has 2 unspecified atom stereocenters. The van der Waals surface area contributed by atoms with Crippen molar-refractivity contribution >= 4 is 52.3 Å². The molecule has 0 aliphatic carbocycles. The molecule has 3 aromatic rings. The van der Waals surface area contributed by atoms with E-state index in [1.807, 2.05) is 31.1 Å². The molecule has 2 aliphatic rings. The van der Waals surface area contributed by atoms with Crippen LogP contribution in [0.25, 0.3) is 0 Å². The van der Waals surface area contributed by atoms with Gasteiger partial charge in [-0.25, -0.2) is 4.90 Å². The van der Waals surface area contributed by atoms with E-state index in [1.54, 1.807) is 19.1 Å². The minimum Gasteiger partial charge on any atom is -0.465 e. The van der Waals surface area contributed by atoms with Crippen molar-refractivity contribution in [2.45, 2.75) is 35.8 Å². The van der Waals surface area contributed by atoms with Crippen molar-refractivity contribution in [3.63, 3.8) is 0 Å². The Hall–Kier alpha value is -3.58. The number of alkyl halides is 3. The molecule has 1 aromatic heterocycles. The number of ether oxygens (including phenoxy) is 1. The first-order valence-corrected chi connectivity index (χ1v) is 14.0. The number of benzene rings is 2. The van der Waals surface area contributed by atoms with Crippen LogP contribution in [0.3, 0.4) is 0 Å². The summed E-state index contributed by atoms with van der Waals surface area (Å²) in [5, 5.41) is -0.645. The number of fused-ring (bicyclic) bond motifs is 2. The highest BCUT2D eigenvalue weighted by Crippen LogP contribution is 2.54. The highest BCUT2D eigenvalue weighted by Gasteiger charge is 2.57. The second-order valence-electron chi connectivity index (χ2n) is 9.52. The van der Waals surface area contributed by atoms with E-state index in [0.29, 0.717) is 15.5 Å². The standard InChI is InChI=1S/C27H24F3N3O5S2/c1-4-38-18(34)13-32-25-22(40-26(32)37)19(14-8-10-16(11-9-14)31(2)3)20-21(39-25)24(36)33(23(20)35)17-7-5-6-15(12-17)27(28,29)30/h5-12,19-21H,4,13H2,1-3H3/t19-,20?,21?/m1/s1. The van der Waals surface area contributed by atoms with Gasteiger partial charge in [0.05, 0.1) is 28.8 Å². The Morgan fingerprint density at radius 3 is 2.38 bits per heavy atom. The van der Waals surface area contributed by atoms with Crippen molar-refractivity contribution in [2.75, 3.05) is 30.5 Å². The molecule has 2 aromatic carbocycles. The maximum absolute atomic E-state index is 13.9. The third-order valence-corrected chi connectivity index (χ3v) is 9.45. The second kappa shape index (κ2) is 10.4. The van der Waals surface area contributed by atoms with Crippen LogP contribution in [-0.2, 0) is 31.8 Å². The molecule has 40 heavy (non-hydrogen) atoms. The molecule has 210 valence electrons. The highest BCUT2D eigenvalue weighted by molar-refractivity contribution is 8.00. The Bertz CT molecular complexity index is 1550. The number of aromatic nitrogens is 1. The quantitative estimate of drug-likeness (QED) is 0.311. The zero-order chi connectivity index (χ0) is 28.9. The van der Waals surface area contributed by atoms with Crippen molar-refractivity contribution in [3.8, 4) is 0 Å². The lowest BCUT2D eigenvalue weighted by Gasteiger charge is -2.31. The molecule has 1 fully saturated rings. The summed E-state index contributed by atoms with van der Waals surface area (Å²) in [6, 6.07) is 11.4. The summed E-state index contributed by atoms with van der Waals surface area (Å²) in [5.41, 5.74) is 0.400. The largest absolute Gasteiger partial charge is 0.465 e. The summed E-state index contributed by atoms with van der Waals surface area (Å²) in [7, 11) is 3.74. The van der Waals surface area contributed by atoms with Gasteiger partial charge in [0.15, 0.2) is 0 Å². The fraction of sp³-hybridized carbons (Fsp3) is 0.333. The molecule has 0 saturated carbocycles. The van der Waals surface area contributed by atoms with E-state index in [9.17, 15) is 32.3 Å². The number of carbonyl (C=O) groups excluding carboxylic acids is 3. The zero-order valence-corrected chi connectivity index (χ0v) is 23.2. The van der Waals surface area contributed by atoms with Crippen molar-refractivity contribution in [1.82, 2.24) is 4.57 Å². The molecule has 3 atom stereocenters. The van der Waals surface area contributed by atoms with E-state index < -0.39 is 51.5 Å². The Labute approximate surface area is 235 Å². The van der Waals surface area contributed by atoms with Crippen LogP contribution in [0.4, 0.5) is 24.5 Å². The fourth-order valence-corrected chi connectivity index (χ4v) is 7.78. The Morgan fingerprint density at radius 1 is 1.05 bits per heavy atom. The van der Waals surface area contributed by atoms with Gasteiger partial charge in [-0.15, -0.1) is 0 Å².